The molecular weight excluding hydrogens is 364 g/mol. The molecule has 5 nitrogen and oxygen atoms in total. The largest absolute Gasteiger partial charge is 0.497 e. The third-order valence-corrected chi connectivity index (χ3v) is 5.39. The maximum Gasteiger partial charge on any atom is 0.264 e. The molecule has 4 rings (SSSR count). The molecular formula is C21H23F2N3O2. The van der Waals surface area contributed by atoms with Crippen LogP contribution in [0, 0.1) is 6.92 Å². The lowest BCUT2D eigenvalue weighted by molar-refractivity contribution is 0.152. The van der Waals surface area contributed by atoms with Crippen molar-refractivity contribution in [2.45, 2.75) is 38.7 Å². The fourth-order valence-corrected chi connectivity index (χ4v) is 3.96. The van der Waals surface area contributed by atoms with Crippen molar-refractivity contribution >= 4 is 11.1 Å². The van der Waals surface area contributed by atoms with E-state index in [9.17, 15) is 8.78 Å². The lowest BCUT2D eigenvalue weighted by Gasteiger charge is -2.32. The van der Waals surface area contributed by atoms with Crippen LogP contribution in [0.5, 0.6) is 5.75 Å². The number of alkyl halides is 2. The molecule has 0 unspecified atom stereocenters. The number of nitrogens with zero attached hydrogens (tertiary/aromatic N) is 3. The minimum atomic E-state index is -2.58. The van der Waals surface area contributed by atoms with E-state index in [1.807, 2.05) is 12.1 Å². The predicted octanol–water partition coefficient (Wildman–Crippen LogP) is 4.86. The van der Waals surface area contributed by atoms with Gasteiger partial charge in [-0.15, -0.1) is 0 Å². The number of hydrogen-bond acceptors (Lipinski definition) is 5. The predicted molar refractivity (Wildman–Crippen MR) is 102 cm³/mol. The maximum atomic E-state index is 13.6. The average Bonchev–Trinajstić information content (AvgIpc) is 3.09. The van der Waals surface area contributed by atoms with Crippen LogP contribution in [0.2, 0.25) is 0 Å². The minimum Gasteiger partial charge on any atom is -0.497 e. The number of benzene rings is 1. The monoisotopic (exact) mass is 387 g/mol. The Morgan fingerprint density at radius 1 is 1.29 bits per heavy atom. The Hall–Kier alpha value is -2.54. The Morgan fingerprint density at radius 3 is 2.79 bits per heavy atom. The van der Waals surface area contributed by atoms with E-state index >= 15 is 0 Å². The highest BCUT2D eigenvalue weighted by Gasteiger charge is 2.26. The molecule has 0 saturated carbocycles. The van der Waals surface area contributed by atoms with Crippen LogP contribution in [-0.2, 0) is 6.54 Å². The standard InChI is InChI=1S/C21H23F2N3O2/c1-13-19-17(20(22)23)10-18(24-21(19)28-25-13)15-4-3-9-26(12-15)11-14-5-7-16(27-2)8-6-14/h5-8,10,15,20H,3-4,9,11-12H2,1-2H3/t15-/m1/s1. The highest BCUT2D eigenvalue weighted by atomic mass is 19.3. The summed E-state index contributed by atoms with van der Waals surface area (Å²) in [6.45, 7) is 4.23. The van der Waals surface area contributed by atoms with Crippen LogP contribution >= 0.6 is 0 Å². The molecule has 0 bridgehead atoms. The van der Waals surface area contributed by atoms with Gasteiger partial charge in [0.1, 0.15) is 5.75 Å². The molecule has 0 radical (unpaired) electrons. The van der Waals surface area contributed by atoms with Crippen LogP contribution in [0.15, 0.2) is 34.9 Å². The zero-order chi connectivity index (χ0) is 19.7. The van der Waals surface area contributed by atoms with Gasteiger partial charge in [0.05, 0.1) is 18.2 Å². The Balaban J connectivity index is 1.55. The molecule has 7 heteroatoms. The van der Waals surface area contributed by atoms with Crippen LogP contribution in [0.4, 0.5) is 8.78 Å². The average molecular weight is 387 g/mol. The summed E-state index contributed by atoms with van der Waals surface area (Å²) in [6, 6.07) is 9.55. The van der Waals surface area contributed by atoms with E-state index in [0.29, 0.717) is 16.8 Å². The Bertz CT molecular complexity index is 956. The van der Waals surface area contributed by atoms with Crippen LogP contribution in [0.3, 0.4) is 0 Å². The molecule has 2 aromatic heterocycles. The topological polar surface area (TPSA) is 51.4 Å². The number of rotatable bonds is 5. The van der Waals surface area contributed by atoms with Crippen molar-refractivity contribution in [2.24, 2.45) is 0 Å². The SMILES string of the molecule is COc1ccc(CN2CCC[C@@H](c3cc(C(F)F)c4c(C)noc4n3)C2)cc1. The van der Waals surface area contributed by atoms with E-state index in [1.54, 1.807) is 20.1 Å². The first-order chi connectivity index (χ1) is 13.5. The van der Waals surface area contributed by atoms with E-state index in [2.05, 4.69) is 27.2 Å². The zero-order valence-corrected chi connectivity index (χ0v) is 16.0. The molecule has 0 amide bonds. The lowest BCUT2D eigenvalue weighted by atomic mass is 9.92. The number of likely N-dealkylation sites (tertiary alicyclic amines) is 1. The molecule has 0 N–H and O–H groups in total. The van der Waals surface area contributed by atoms with Crippen molar-refractivity contribution in [3.05, 3.63) is 52.8 Å². The Morgan fingerprint density at radius 2 is 2.07 bits per heavy atom. The van der Waals surface area contributed by atoms with Crippen LogP contribution in [0.1, 0.15) is 47.7 Å². The molecule has 28 heavy (non-hydrogen) atoms. The van der Waals surface area contributed by atoms with Crippen molar-refractivity contribution < 1.29 is 18.0 Å². The maximum absolute atomic E-state index is 13.6. The molecule has 1 aromatic carbocycles. The molecule has 1 saturated heterocycles. The van der Waals surface area contributed by atoms with Crippen molar-refractivity contribution in [2.75, 3.05) is 20.2 Å². The molecule has 3 aromatic rings. The molecule has 0 aliphatic carbocycles. The van der Waals surface area contributed by atoms with Crippen LogP contribution in [-0.4, -0.2) is 35.2 Å². The van der Waals surface area contributed by atoms with E-state index in [-0.39, 0.29) is 17.2 Å². The first-order valence-electron chi connectivity index (χ1n) is 9.45. The normalized spacial score (nSPS) is 18.1. The van der Waals surface area contributed by atoms with Gasteiger partial charge in [-0.1, -0.05) is 17.3 Å². The number of pyridine rings is 1. The second-order valence-corrected chi connectivity index (χ2v) is 7.31. The Kier molecular flexibility index (Phi) is 5.26. The molecule has 0 spiro atoms. The third-order valence-electron chi connectivity index (χ3n) is 5.39. The quantitative estimate of drug-likeness (QED) is 0.626. The fraction of sp³-hybridized carbons (Fsp3) is 0.429. The molecule has 3 heterocycles. The van der Waals surface area contributed by atoms with Crippen molar-refractivity contribution in [3.8, 4) is 5.75 Å². The van der Waals surface area contributed by atoms with Crippen molar-refractivity contribution in [3.63, 3.8) is 0 Å². The summed E-state index contributed by atoms with van der Waals surface area (Å²) in [5.74, 6) is 0.930. The molecule has 1 aliphatic heterocycles. The summed E-state index contributed by atoms with van der Waals surface area (Å²) in [5, 5.41) is 4.16. The van der Waals surface area contributed by atoms with Crippen LogP contribution in [0.25, 0.3) is 11.1 Å². The van der Waals surface area contributed by atoms with Gasteiger partial charge in [-0.3, -0.25) is 4.90 Å². The van der Waals surface area contributed by atoms with E-state index in [0.717, 1.165) is 38.2 Å². The second kappa shape index (κ2) is 7.83. The second-order valence-electron chi connectivity index (χ2n) is 7.31. The van der Waals surface area contributed by atoms with Crippen molar-refractivity contribution in [1.82, 2.24) is 15.0 Å². The first kappa shape index (κ1) is 18.8. The van der Waals surface area contributed by atoms with Crippen LogP contribution < -0.4 is 4.74 Å². The van der Waals surface area contributed by atoms with Gasteiger partial charge in [-0.05, 0) is 50.1 Å². The van der Waals surface area contributed by atoms with Gasteiger partial charge < -0.3 is 9.26 Å². The van der Waals surface area contributed by atoms with Crippen molar-refractivity contribution in [1.29, 1.82) is 0 Å². The van der Waals surface area contributed by atoms with E-state index < -0.39 is 6.43 Å². The van der Waals surface area contributed by atoms with Gasteiger partial charge in [-0.2, -0.15) is 0 Å². The number of aryl methyl sites for hydroxylation is 1. The smallest absolute Gasteiger partial charge is 0.264 e. The summed E-state index contributed by atoms with van der Waals surface area (Å²) in [4.78, 5) is 6.86. The number of aromatic nitrogens is 2. The summed E-state index contributed by atoms with van der Waals surface area (Å²) in [5.41, 5.74) is 2.49. The van der Waals surface area contributed by atoms with Gasteiger partial charge >= 0.3 is 0 Å². The van der Waals surface area contributed by atoms with Gasteiger partial charge in [0.2, 0.25) is 0 Å². The molecule has 1 atom stereocenters. The van der Waals surface area contributed by atoms with Gasteiger partial charge in [0.15, 0.2) is 0 Å². The zero-order valence-electron chi connectivity index (χ0n) is 16.0. The van der Waals surface area contributed by atoms with Gasteiger partial charge in [0.25, 0.3) is 12.1 Å². The minimum absolute atomic E-state index is 0.0361. The van der Waals surface area contributed by atoms with Gasteiger partial charge in [-0.25, -0.2) is 13.8 Å². The lowest BCUT2D eigenvalue weighted by Crippen LogP contribution is -2.34. The number of methoxy groups -OCH3 is 1. The summed E-state index contributed by atoms with van der Waals surface area (Å²) in [7, 11) is 1.65. The highest BCUT2D eigenvalue weighted by Crippen LogP contribution is 2.34. The molecule has 148 valence electrons. The number of fused-ring (bicyclic) bond motifs is 1. The molecule has 1 fully saturated rings. The van der Waals surface area contributed by atoms with Gasteiger partial charge in [0, 0.05) is 30.3 Å². The number of halogens is 2. The number of piperidine rings is 1. The Labute approximate surface area is 162 Å². The first-order valence-corrected chi connectivity index (χ1v) is 9.45. The van der Waals surface area contributed by atoms with E-state index in [1.165, 1.54) is 5.56 Å². The molecule has 1 aliphatic rings. The highest BCUT2D eigenvalue weighted by molar-refractivity contribution is 5.80. The summed E-state index contributed by atoms with van der Waals surface area (Å²) < 4.78 is 37.6. The third kappa shape index (κ3) is 3.71. The fourth-order valence-electron chi connectivity index (χ4n) is 3.96. The summed E-state index contributed by atoms with van der Waals surface area (Å²) >= 11 is 0. The summed E-state index contributed by atoms with van der Waals surface area (Å²) in [6.07, 6.45) is -0.658. The van der Waals surface area contributed by atoms with E-state index in [4.69, 9.17) is 9.26 Å². The number of ether oxygens (including phenoxy) is 1. The number of hydrogen-bond donors (Lipinski definition) is 0.